The lowest BCUT2D eigenvalue weighted by Crippen LogP contribution is -2.55. The Hall–Kier alpha value is -0.280. The second kappa shape index (κ2) is 9.07. The van der Waals surface area contributed by atoms with E-state index in [9.17, 15) is 10.2 Å². The Morgan fingerprint density at radius 1 is 0.552 bits per heavy atom. The Labute approximate surface area is 174 Å². The zero-order valence-corrected chi connectivity index (χ0v) is 17.7. The van der Waals surface area contributed by atoms with Crippen molar-refractivity contribution in [1.29, 1.82) is 0 Å². The average Bonchev–Trinajstić information content (AvgIpc) is 2.79. The first-order valence-electron chi connectivity index (χ1n) is 11.4. The van der Waals surface area contributed by atoms with Crippen molar-refractivity contribution in [2.75, 3.05) is 52.9 Å². The van der Waals surface area contributed by atoms with Crippen molar-refractivity contribution in [3.8, 4) is 0 Å². The van der Waals surface area contributed by atoms with Gasteiger partial charge in [0.05, 0.1) is 63.7 Å². The molecule has 4 fully saturated rings. The van der Waals surface area contributed by atoms with E-state index >= 15 is 0 Å². The number of rotatable bonds is 6. The highest BCUT2D eigenvalue weighted by molar-refractivity contribution is 4.90. The first kappa shape index (κ1) is 21.9. The van der Waals surface area contributed by atoms with Gasteiger partial charge in [0, 0.05) is 25.7 Å². The Morgan fingerprint density at radius 3 is 1.21 bits per heavy atom. The van der Waals surface area contributed by atoms with Crippen LogP contribution in [0.25, 0.3) is 0 Å². The molecule has 168 valence electrons. The molecule has 0 radical (unpaired) electrons. The van der Waals surface area contributed by atoms with Gasteiger partial charge in [-0.15, -0.1) is 0 Å². The van der Waals surface area contributed by atoms with Crippen molar-refractivity contribution < 1.29 is 33.9 Å². The van der Waals surface area contributed by atoms with Gasteiger partial charge >= 0.3 is 0 Å². The van der Waals surface area contributed by atoms with Crippen LogP contribution in [0.4, 0.5) is 0 Å². The largest absolute Gasteiger partial charge is 0.396 e. The van der Waals surface area contributed by atoms with Crippen LogP contribution in [0.1, 0.15) is 64.2 Å². The van der Waals surface area contributed by atoms with Crippen molar-refractivity contribution in [2.45, 2.75) is 75.8 Å². The van der Waals surface area contributed by atoms with Crippen LogP contribution in [0.5, 0.6) is 0 Å². The van der Waals surface area contributed by atoms with E-state index in [1.54, 1.807) is 0 Å². The highest BCUT2D eigenvalue weighted by atomic mass is 16.7. The van der Waals surface area contributed by atoms with Gasteiger partial charge in [-0.05, 0) is 25.7 Å². The van der Waals surface area contributed by atoms with Crippen molar-refractivity contribution >= 4 is 0 Å². The maximum Gasteiger partial charge on any atom is 0.168 e. The van der Waals surface area contributed by atoms with Gasteiger partial charge < -0.3 is 33.9 Å². The van der Waals surface area contributed by atoms with Crippen LogP contribution < -0.4 is 0 Å². The molecule has 0 aromatic rings. The van der Waals surface area contributed by atoms with Gasteiger partial charge in [-0.3, -0.25) is 0 Å². The van der Waals surface area contributed by atoms with Crippen molar-refractivity contribution in [3.05, 3.63) is 0 Å². The van der Waals surface area contributed by atoms with Crippen molar-refractivity contribution in [1.82, 2.24) is 0 Å². The van der Waals surface area contributed by atoms with Crippen LogP contribution in [0.2, 0.25) is 0 Å². The molecular weight excluding hydrogens is 376 g/mol. The molecule has 2 spiro atoms. The third-order valence-corrected chi connectivity index (χ3v) is 7.28. The quantitative estimate of drug-likeness (QED) is 0.690. The number of aliphatic hydroxyl groups excluding tert-OH is 2. The van der Waals surface area contributed by atoms with Gasteiger partial charge in [0.25, 0.3) is 0 Å². The van der Waals surface area contributed by atoms with E-state index in [1.807, 2.05) is 0 Å². The highest BCUT2D eigenvalue weighted by Crippen LogP contribution is 2.41. The maximum absolute atomic E-state index is 10.0. The predicted molar refractivity (Wildman–Crippen MR) is 105 cm³/mol. The van der Waals surface area contributed by atoms with Gasteiger partial charge in [0.15, 0.2) is 11.6 Å². The molecule has 2 heterocycles. The number of ether oxygens (including phenoxy) is 5. The molecule has 0 unspecified atom stereocenters. The fraction of sp³-hybridized carbons (Fsp3) is 1.00. The van der Waals surface area contributed by atoms with Gasteiger partial charge in [0.1, 0.15) is 0 Å². The molecule has 0 aromatic heterocycles. The van der Waals surface area contributed by atoms with E-state index in [-0.39, 0.29) is 13.2 Å². The van der Waals surface area contributed by atoms with E-state index in [0.29, 0.717) is 39.6 Å². The van der Waals surface area contributed by atoms with Gasteiger partial charge in [-0.1, -0.05) is 12.8 Å². The lowest BCUT2D eigenvalue weighted by atomic mass is 9.86. The zero-order chi connectivity index (χ0) is 20.3. The molecule has 7 nitrogen and oxygen atoms in total. The molecular formula is C22H38O7. The monoisotopic (exact) mass is 414 g/mol. The van der Waals surface area contributed by atoms with Gasteiger partial charge in [0.2, 0.25) is 0 Å². The first-order valence-corrected chi connectivity index (χ1v) is 11.4. The molecule has 2 saturated carbocycles. The van der Waals surface area contributed by atoms with Crippen LogP contribution >= 0.6 is 0 Å². The Balaban J connectivity index is 1.27. The second-order valence-corrected chi connectivity index (χ2v) is 9.91. The minimum Gasteiger partial charge on any atom is -0.396 e. The predicted octanol–water partition coefficient (Wildman–Crippen LogP) is 2.37. The lowest BCUT2D eigenvalue weighted by molar-refractivity contribution is -0.333. The summed E-state index contributed by atoms with van der Waals surface area (Å²) in [6, 6.07) is 0. The van der Waals surface area contributed by atoms with Crippen LogP contribution in [0, 0.1) is 10.8 Å². The summed E-state index contributed by atoms with van der Waals surface area (Å²) in [6.07, 6.45) is 10.7. The van der Waals surface area contributed by atoms with E-state index in [1.165, 1.54) is 12.8 Å². The molecule has 2 aliphatic heterocycles. The van der Waals surface area contributed by atoms with E-state index in [0.717, 1.165) is 51.4 Å². The van der Waals surface area contributed by atoms with E-state index in [4.69, 9.17) is 23.7 Å². The first-order chi connectivity index (χ1) is 14.1. The summed E-state index contributed by atoms with van der Waals surface area (Å²) in [5, 5.41) is 20.0. The molecule has 0 amide bonds. The third kappa shape index (κ3) is 4.81. The summed E-state index contributed by atoms with van der Waals surface area (Å²) in [7, 11) is 0. The number of hydrogen-bond donors (Lipinski definition) is 2. The van der Waals surface area contributed by atoms with Crippen LogP contribution in [0.15, 0.2) is 0 Å². The lowest BCUT2D eigenvalue weighted by Gasteiger charge is -2.48. The van der Waals surface area contributed by atoms with Gasteiger partial charge in [-0.2, -0.15) is 0 Å². The van der Waals surface area contributed by atoms with Crippen molar-refractivity contribution in [2.24, 2.45) is 10.8 Å². The number of hydrogen-bond acceptors (Lipinski definition) is 7. The minimum atomic E-state index is -0.555. The topological polar surface area (TPSA) is 86.6 Å². The zero-order valence-electron chi connectivity index (χ0n) is 17.7. The standard InChI is InChI=1S/C22H38O7/c23-11-19(15-26-21(27-16-19)7-3-1-4-8-21)13-25-14-20(12-24)17-28-22(29-18-20)9-5-2-6-10-22/h23-24H,1-18H2. The molecule has 0 atom stereocenters. The second-order valence-electron chi connectivity index (χ2n) is 9.91. The summed E-state index contributed by atoms with van der Waals surface area (Å²) >= 11 is 0. The fourth-order valence-electron chi connectivity index (χ4n) is 4.99. The Kier molecular flexibility index (Phi) is 6.86. The fourth-order valence-corrected chi connectivity index (χ4v) is 4.99. The van der Waals surface area contributed by atoms with Crippen LogP contribution in [0.3, 0.4) is 0 Å². The normalized spacial score (nSPS) is 33.7. The van der Waals surface area contributed by atoms with E-state index < -0.39 is 22.4 Å². The Bertz CT molecular complexity index is 459. The molecule has 2 aliphatic carbocycles. The molecule has 4 rings (SSSR count). The van der Waals surface area contributed by atoms with Crippen molar-refractivity contribution in [3.63, 3.8) is 0 Å². The molecule has 2 N–H and O–H groups in total. The molecule has 0 aromatic carbocycles. The molecule has 0 bridgehead atoms. The van der Waals surface area contributed by atoms with Crippen LogP contribution in [-0.2, 0) is 23.7 Å². The smallest absolute Gasteiger partial charge is 0.168 e. The summed E-state index contributed by atoms with van der Waals surface area (Å²) in [4.78, 5) is 0. The molecule has 29 heavy (non-hydrogen) atoms. The number of aliphatic hydroxyl groups is 2. The summed E-state index contributed by atoms with van der Waals surface area (Å²) in [6.45, 7) is 2.30. The third-order valence-electron chi connectivity index (χ3n) is 7.28. The highest BCUT2D eigenvalue weighted by Gasteiger charge is 2.48. The molecule has 4 aliphatic rings. The summed E-state index contributed by atoms with van der Waals surface area (Å²) in [5.41, 5.74) is -1.11. The SMILES string of the molecule is OCC1(COCC2(CO)COC3(CCCCC3)OC2)COC2(CCCCC2)OC1. The van der Waals surface area contributed by atoms with E-state index in [2.05, 4.69) is 0 Å². The summed E-state index contributed by atoms with van der Waals surface area (Å²) in [5.74, 6) is -0.911. The van der Waals surface area contributed by atoms with Gasteiger partial charge in [-0.25, -0.2) is 0 Å². The molecule has 7 heteroatoms. The molecule has 2 saturated heterocycles. The average molecular weight is 415 g/mol. The maximum atomic E-state index is 10.0. The van der Waals surface area contributed by atoms with Crippen LogP contribution in [-0.4, -0.2) is 74.6 Å². The minimum absolute atomic E-state index is 0.0503. The summed E-state index contributed by atoms with van der Waals surface area (Å²) < 4.78 is 30.5. The Morgan fingerprint density at radius 2 is 0.897 bits per heavy atom.